The van der Waals surface area contributed by atoms with E-state index in [4.69, 9.17) is 27.9 Å². The summed E-state index contributed by atoms with van der Waals surface area (Å²) < 4.78 is 44.3. The first-order valence-electron chi connectivity index (χ1n) is 11.6. The fourth-order valence-electron chi connectivity index (χ4n) is 4.68. The number of halogens is 3. The zero-order chi connectivity index (χ0) is 26.5. The van der Waals surface area contributed by atoms with Crippen LogP contribution in [0.4, 0.5) is 10.2 Å². The van der Waals surface area contributed by atoms with Crippen molar-refractivity contribution in [2.75, 3.05) is 23.5 Å². The summed E-state index contributed by atoms with van der Waals surface area (Å²) in [4.78, 5) is 10.1. The Kier molecular flexibility index (Phi) is 6.76. The van der Waals surface area contributed by atoms with Crippen molar-refractivity contribution in [2.45, 2.75) is 26.0 Å². The zero-order valence-corrected chi connectivity index (χ0v) is 22.6. The topological polar surface area (TPSA) is 101 Å². The van der Waals surface area contributed by atoms with Gasteiger partial charge < -0.3 is 9.64 Å². The third-order valence-electron chi connectivity index (χ3n) is 6.63. The zero-order valence-electron chi connectivity index (χ0n) is 20.2. The second-order valence-corrected chi connectivity index (χ2v) is 12.3. The Balaban J connectivity index is 1.35. The molecule has 1 N–H and O–H groups in total. The molecular weight excluding hydrogens is 540 g/mol. The molecule has 3 atom stereocenters. The fraction of sp³-hybridized carbons (Fsp3) is 0.320. The number of anilines is 1. The summed E-state index contributed by atoms with van der Waals surface area (Å²) in [7, 11) is -3.09. The lowest BCUT2D eigenvalue weighted by molar-refractivity contribution is 0.227. The van der Waals surface area contributed by atoms with Crippen molar-refractivity contribution in [3.63, 3.8) is 0 Å². The minimum absolute atomic E-state index is 0.0455. The number of H-pyrrole nitrogens is 1. The van der Waals surface area contributed by atoms with E-state index in [1.807, 2.05) is 19.9 Å². The Hall–Kier alpha value is -2.95. The van der Waals surface area contributed by atoms with Crippen LogP contribution >= 0.6 is 23.2 Å². The molecule has 0 bridgehead atoms. The SMILES string of the molecule is C[C@@H]1[C@@H](CS(C)(=O)=O)CN1c1ncc(-c2n[nH]c3cc(O[C@H](C)c4c(Cl)cncc4Cl)ccc23)cc1F. The lowest BCUT2D eigenvalue weighted by Gasteiger charge is -2.47. The number of aromatic nitrogens is 4. The van der Waals surface area contributed by atoms with Gasteiger partial charge in [-0.05, 0) is 32.0 Å². The van der Waals surface area contributed by atoms with Gasteiger partial charge in [-0.15, -0.1) is 0 Å². The van der Waals surface area contributed by atoms with Crippen molar-refractivity contribution in [2.24, 2.45) is 5.92 Å². The smallest absolute Gasteiger partial charge is 0.166 e. The molecule has 0 aliphatic carbocycles. The van der Waals surface area contributed by atoms with Crippen LogP contribution in [0.15, 0.2) is 42.9 Å². The quantitative estimate of drug-likeness (QED) is 0.318. The molecule has 4 aromatic rings. The van der Waals surface area contributed by atoms with E-state index in [2.05, 4.69) is 20.2 Å². The molecule has 0 saturated carbocycles. The number of hydrogen-bond donors (Lipinski definition) is 1. The van der Waals surface area contributed by atoms with Crippen LogP contribution in [0.5, 0.6) is 5.75 Å². The van der Waals surface area contributed by atoms with Crippen LogP contribution in [0.1, 0.15) is 25.5 Å². The van der Waals surface area contributed by atoms with E-state index in [0.717, 1.165) is 5.39 Å². The van der Waals surface area contributed by atoms with Gasteiger partial charge in [-0.25, -0.2) is 17.8 Å². The molecule has 12 heteroatoms. The molecule has 0 spiro atoms. The number of hydrogen-bond acceptors (Lipinski definition) is 7. The van der Waals surface area contributed by atoms with Gasteiger partial charge >= 0.3 is 0 Å². The molecule has 1 aromatic carbocycles. The first-order valence-corrected chi connectivity index (χ1v) is 14.4. The minimum Gasteiger partial charge on any atom is -0.486 e. The summed E-state index contributed by atoms with van der Waals surface area (Å²) in [6.45, 7) is 4.17. The molecule has 1 aliphatic rings. The fourth-order valence-corrected chi connectivity index (χ4v) is 6.52. The maximum atomic E-state index is 15.1. The normalized spacial score (nSPS) is 18.6. The molecule has 1 aliphatic heterocycles. The molecule has 0 radical (unpaired) electrons. The van der Waals surface area contributed by atoms with Crippen molar-refractivity contribution in [1.82, 2.24) is 20.2 Å². The van der Waals surface area contributed by atoms with E-state index in [1.54, 1.807) is 23.2 Å². The number of benzene rings is 1. The second kappa shape index (κ2) is 9.74. The van der Waals surface area contributed by atoms with Crippen LogP contribution in [0, 0.1) is 11.7 Å². The highest BCUT2D eigenvalue weighted by Gasteiger charge is 2.39. The van der Waals surface area contributed by atoms with Gasteiger partial charge in [0.1, 0.15) is 27.4 Å². The van der Waals surface area contributed by atoms with E-state index in [1.165, 1.54) is 24.7 Å². The van der Waals surface area contributed by atoms with Crippen molar-refractivity contribution in [3.8, 4) is 17.0 Å². The van der Waals surface area contributed by atoms with E-state index in [-0.39, 0.29) is 23.5 Å². The Morgan fingerprint density at radius 1 is 1.22 bits per heavy atom. The van der Waals surface area contributed by atoms with Gasteiger partial charge in [0, 0.05) is 65.9 Å². The standard InChI is InChI=1S/C25H24Cl2FN5O3S/c1-13-16(12-37(3,34)35)11-33(13)25-21(28)6-15(8-30-25)24-18-5-4-17(7-22(18)31-32-24)36-14(2)23-19(26)9-29-10-20(23)27/h4-10,13-14,16H,11-12H2,1-3H3,(H,31,32)/t13-,14-,16-/m1/s1. The molecule has 0 amide bonds. The van der Waals surface area contributed by atoms with Crippen molar-refractivity contribution >= 4 is 49.8 Å². The summed E-state index contributed by atoms with van der Waals surface area (Å²) in [5.41, 5.74) is 2.42. The summed E-state index contributed by atoms with van der Waals surface area (Å²) >= 11 is 12.5. The van der Waals surface area contributed by atoms with Gasteiger partial charge in [0.05, 0.1) is 21.3 Å². The van der Waals surface area contributed by atoms with E-state index >= 15 is 4.39 Å². The van der Waals surface area contributed by atoms with Crippen LogP contribution in [0.3, 0.4) is 0 Å². The van der Waals surface area contributed by atoms with E-state index in [9.17, 15) is 8.42 Å². The Morgan fingerprint density at radius 2 is 1.95 bits per heavy atom. The lowest BCUT2D eigenvalue weighted by atomic mass is 9.91. The lowest BCUT2D eigenvalue weighted by Crippen LogP contribution is -2.57. The number of fused-ring (bicyclic) bond motifs is 1. The van der Waals surface area contributed by atoms with Crippen LogP contribution in [-0.4, -0.2) is 53.2 Å². The maximum absolute atomic E-state index is 15.1. The number of rotatable bonds is 7. The first-order chi connectivity index (χ1) is 17.5. The molecule has 194 valence electrons. The summed E-state index contributed by atoms with van der Waals surface area (Å²) in [5, 5.41) is 8.95. The summed E-state index contributed by atoms with van der Waals surface area (Å²) in [5.74, 6) is 0.332. The Morgan fingerprint density at radius 3 is 2.59 bits per heavy atom. The predicted molar refractivity (Wildman–Crippen MR) is 143 cm³/mol. The minimum atomic E-state index is -3.09. The van der Waals surface area contributed by atoms with Crippen LogP contribution in [0.25, 0.3) is 22.2 Å². The highest BCUT2D eigenvalue weighted by atomic mass is 35.5. The van der Waals surface area contributed by atoms with Gasteiger partial charge in [0.15, 0.2) is 11.6 Å². The van der Waals surface area contributed by atoms with Gasteiger partial charge in [-0.2, -0.15) is 5.10 Å². The molecule has 5 rings (SSSR count). The number of nitrogens with one attached hydrogen (secondary N) is 1. The van der Waals surface area contributed by atoms with Crippen LogP contribution in [-0.2, 0) is 9.84 Å². The molecule has 1 fully saturated rings. The molecule has 1 saturated heterocycles. The van der Waals surface area contributed by atoms with Gasteiger partial charge in [0.2, 0.25) is 0 Å². The number of aromatic amines is 1. The highest BCUT2D eigenvalue weighted by molar-refractivity contribution is 7.90. The van der Waals surface area contributed by atoms with E-state index < -0.39 is 21.8 Å². The van der Waals surface area contributed by atoms with Crippen molar-refractivity contribution in [3.05, 3.63) is 64.3 Å². The largest absolute Gasteiger partial charge is 0.486 e. The van der Waals surface area contributed by atoms with Gasteiger partial charge in [-0.3, -0.25) is 10.1 Å². The average Bonchev–Trinajstić information content (AvgIpc) is 3.24. The Labute approximate surface area is 223 Å². The number of sulfone groups is 1. The second-order valence-electron chi connectivity index (χ2n) is 9.33. The third-order valence-corrected chi connectivity index (χ3v) is 8.27. The third kappa shape index (κ3) is 5.10. The number of ether oxygens (including phenoxy) is 1. The van der Waals surface area contributed by atoms with Crippen LogP contribution < -0.4 is 9.64 Å². The Bertz CT molecular complexity index is 1580. The summed E-state index contributed by atoms with van der Waals surface area (Å²) in [6, 6.07) is 6.71. The highest BCUT2D eigenvalue weighted by Crippen LogP contribution is 2.36. The monoisotopic (exact) mass is 563 g/mol. The first kappa shape index (κ1) is 25.7. The predicted octanol–water partition coefficient (Wildman–Crippen LogP) is 5.48. The van der Waals surface area contributed by atoms with Crippen molar-refractivity contribution < 1.29 is 17.5 Å². The number of pyridine rings is 2. The van der Waals surface area contributed by atoms with Crippen LogP contribution in [0.2, 0.25) is 10.0 Å². The average molecular weight is 564 g/mol. The maximum Gasteiger partial charge on any atom is 0.166 e. The number of nitrogens with zero attached hydrogens (tertiary/aromatic N) is 4. The van der Waals surface area contributed by atoms with Gasteiger partial charge in [-0.1, -0.05) is 23.2 Å². The molecule has 3 aromatic heterocycles. The molecule has 37 heavy (non-hydrogen) atoms. The summed E-state index contributed by atoms with van der Waals surface area (Å²) in [6.07, 6.45) is 5.40. The molecule has 0 unspecified atom stereocenters. The van der Waals surface area contributed by atoms with E-state index in [0.29, 0.717) is 44.7 Å². The molecule has 4 heterocycles. The van der Waals surface area contributed by atoms with Gasteiger partial charge in [0.25, 0.3) is 0 Å². The molecule has 8 nitrogen and oxygen atoms in total. The molecular formula is C25H24Cl2FN5O3S. The van der Waals surface area contributed by atoms with Crippen molar-refractivity contribution in [1.29, 1.82) is 0 Å².